The van der Waals surface area contributed by atoms with E-state index >= 15 is 0 Å². The molecule has 7 nitrogen and oxygen atoms in total. The summed E-state index contributed by atoms with van der Waals surface area (Å²) in [5.74, 6) is -0.531. The van der Waals surface area contributed by atoms with Gasteiger partial charge in [-0.15, -0.1) is 0 Å². The molecule has 2 saturated heterocycles. The molecule has 2 aliphatic heterocycles. The van der Waals surface area contributed by atoms with Gasteiger partial charge in [-0.25, -0.2) is 4.79 Å². The largest absolute Gasteiger partial charge is 0.467 e. The minimum Gasteiger partial charge on any atom is -0.467 e. The molecule has 2 rings (SSSR count). The second kappa shape index (κ2) is 6.38. The molecule has 0 aromatic rings. The zero-order valence-corrected chi connectivity index (χ0v) is 12.8. The van der Waals surface area contributed by atoms with Gasteiger partial charge in [0.25, 0.3) is 10.2 Å². The van der Waals surface area contributed by atoms with Crippen LogP contribution in [-0.2, 0) is 24.5 Å². The second-order valence-electron chi connectivity index (χ2n) is 5.20. The van der Waals surface area contributed by atoms with E-state index in [9.17, 15) is 13.2 Å². The molecule has 2 heterocycles. The lowest BCUT2D eigenvalue weighted by atomic mass is 10.1. The molecule has 8 heteroatoms. The summed E-state index contributed by atoms with van der Waals surface area (Å²) < 4.78 is 38.1. The first kappa shape index (κ1) is 15.7. The van der Waals surface area contributed by atoms with Crippen molar-refractivity contribution in [2.24, 2.45) is 0 Å². The van der Waals surface area contributed by atoms with Crippen LogP contribution in [0, 0.1) is 0 Å². The van der Waals surface area contributed by atoms with E-state index in [1.165, 1.54) is 15.7 Å². The van der Waals surface area contributed by atoms with E-state index in [2.05, 4.69) is 4.74 Å². The molecule has 20 heavy (non-hydrogen) atoms. The summed E-state index contributed by atoms with van der Waals surface area (Å²) >= 11 is 0. The fraction of sp³-hybridized carbons (Fsp3) is 0.917. The lowest BCUT2D eigenvalue weighted by Gasteiger charge is -2.38. The number of methoxy groups -OCH3 is 1. The highest BCUT2D eigenvalue weighted by Gasteiger charge is 2.39. The molecular weight excluding hydrogens is 284 g/mol. The Balaban J connectivity index is 2.10. The van der Waals surface area contributed by atoms with Crippen molar-refractivity contribution in [3.05, 3.63) is 0 Å². The highest BCUT2D eigenvalue weighted by atomic mass is 32.2. The van der Waals surface area contributed by atoms with Gasteiger partial charge in [-0.1, -0.05) is 6.42 Å². The Kier molecular flexibility index (Phi) is 5.00. The first-order valence-electron chi connectivity index (χ1n) is 6.93. The lowest BCUT2D eigenvalue weighted by molar-refractivity contribution is -0.157. The maximum atomic E-state index is 12.7. The van der Waals surface area contributed by atoms with Crippen LogP contribution in [0.5, 0.6) is 0 Å². The van der Waals surface area contributed by atoms with Gasteiger partial charge in [-0.3, -0.25) is 0 Å². The number of carbonyl (C=O) groups excluding carboxylic acids is 1. The third kappa shape index (κ3) is 3.13. The molecular formula is C12H22N2O5S. The van der Waals surface area contributed by atoms with Crippen molar-refractivity contribution in [2.45, 2.75) is 38.3 Å². The van der Waals surface area contributed by atoms with Crippen molar-refractivity contribution in [3.63, 3.8) is 0 Å². The van der Waals surface area contributed by atoms with Crippen LogP contribution in [0.2, 0.25) is 0 Å². The molecule has 2 unspecified atom stereocenters. The summed E-state index contributed by atoms with van der Waals surface area (Å²) in [7, 11) is -2.26. The minimum absolute atomic E-state index is 0.00757. The van der Waals surface area contributed by atoms with E-state index in [1.807, 2.05) is 6.92 Å². The monoisotopic (exact) mass is 306 g/mol. The molecule has 2 atom stereocenters. The van der Waals surface area contributed by atoms with Crippen LogP contribution < -0.4 is 0 Å². The SMILES string of the molecule is COC(=O)C1CN(S(=O)(=O)N2CCCCC2C)CCO1. The predicted octanol–water partition coefficient (Wildman–Crippen LogP) is -0.0206. The van der Waals surface area contributed by atoms with E-state index in [0.29, 0.717) is 6.54 Å². The summed E-state index contributed by atoms with van der Waals surface area (Å²) in [5.41, 5.74) is 0. The van der Waals surface area contributed by atoms with Gasteiger partial charge in [0, 0.05) is 19.1 Å². The zero-order valence-electron chi connectivity index (χ0n) is 11.9. The Hall–Kier alpha value is -0.700. The number of nitrogens with zero attached hydrogens (tertiary/aromatic N) is 2. The number of morpholine rings is 1. The number of ether oxygens (including phenoxy) is 2. The fourth-order valence-electron chi connectivity index (χ4n) is 2.67. The van der Waals surface area contributed by atoms with E-state index in [-0.39, 0.29) is 25.7 Å². The molecule has 2 fully saturated rings. The van der Waals surface area contributed by atoms with Crippen LogP contribution in [0.15, 0.2) is 0 Å². The first-order valence-corrected chi connectivity index (χ1v) is 8.33. The van der Waals surface area contributed by atoms with Gasteiger partial charge in [0.2, 0.25) is 0 Å². The van der Waals surface area contributed by atoms with Crippen molar-refractivity contribution >= 4 is 16.2 Å². The Morgan fingerprint density at radius 3 is 2.70 bits per heavy atom. The molecule has 0 radical (unpaired) electrons. The maximum Gasteiger partial charge on any atom is 0.336 e. The summed E-state index contributed by atoms with van der Waals surface area (Å²) in [5, 5.41) is 0. The number of piperidine rings is 1. The summed E-state index contributed by atoms with van der Waals surface area (Å²) in [6.45, 7) is 2.98. The summed E-state index contributed by atoms with van der Waals surface area (Å²) in [4.78, 5) is 11.5. The Morgan fingerprint density at radius 1 is 1.30 bits per heavy atom. The third-order valence-electron chi connectivity index (χ3n) is 3.86. The Morgan fingerprint density at radius 2 is 2.05 bits per heavy atom. The second-order valence-corrected chi connectivity index (χ2v) is 7.08. The van der Waals surface area contributed by atoms with E-state index in [1.54, 1.807) is 0 Å². The number of hydrogen-bond acceptors (Lipinski definition) is 5. The molecule has 0 amide bonds. The summed E-state index contributed by atoms with van der Waals surface area (Å²) in [6.07, 6.45) is 1.99. The van der Waals surface area contributed by atoms with E-state index < -0.39 is 22.3 Å². The van der Waals surface area contributed by atoms with E-state index in [4.69, 9.17) is 4.74 Å². The fourth-order valence-corrected chi connectivity index (χ4v) is 4.52. The molecule has 0 N–H and O–H groups in total. The van der Waals surface area contributed by atoms with Crippen molar-refractivity contribution < 1.29 is 22.7 Å². The van der Waals surface area contributed by atoms with Crippen LogP contribution >= 0.6 is 0 Å². The van der Waals surface area contributed by atoms with Crippen LogP contribution in [0.3, 0.4) is 0 Å². The van der Waals surface area contributed by atoms with E-state index in [0.717, 1.165) is 19.3 Å². The van der Waals surface area contributed by atoms with Gasteiger partial charge in [-0.05, 0) is 19.8 Å². The highest BCUT2D eigenvalue weighted by Crippen LogP contribution is 2.23. The number of rotatable bonds is 3. The Bertz CT molecular complexity index is 453. The molecule has 0 spiro atoms. The molecule has 0 aliphatic carbocycles. The van der Waals surface area contributed by atoms with Gasteiger partial charge in [-0.2, -0.15) is 17.0 Å². The minimum atomic E-state index is -3.53. The molecule has 0 aromatic carbocycles. The number of hydrogen-bond donors (Lipinski definition) is 0. The van der Waals surface area contributed by atoms with Gasteiger partial charge in [0.05, 0.1) is 20.3 Å². The summed E-state index contributed by atoms with van der Waals surface area (Å²) in [6, 6.07) is 0.00757. The molecule has 0 saturated carbocycles. The standard InChI is InChI=1S/C12H22N2O5S/c1-10-5-3-4-6-14(10)20(16,17)13-7-8-19-11(9-13)12(15)18-2/h10-11H,3-9H2,1-2H3. The topological polar surface area (TPSA) is 76.2 Å². The van der Waals surface area contributed by atoms with Crippen LogP contribution in [0.4, 0.5) is 0 Å². The third-order valence-corrected chi connectivity index (χ3v) is 5.98. The van der Waals surface area contributed by atoms with Gasteiger partial charge in [0.1, 0.15) is 0 Å². The highest BCUT2D eigenvalue weighted by molar-refractivity contribution is 7.86. The molecule has 2 aliphatic rings. The van der Waals surface area contributed by atoms with Crippen LogP contribution in [0.25, 0.3) is 0 Å². The van der Waals surface area contributed by atoms with Crippen LogP contribution in [0.1, 0.15) is 26.2 Å². The van der Waals surface area contributed by atoms with Crippen molar-refractivity contribution in [2.75, 3.05) is 33.4 Å². The molecule has 0 aromatic heterocycles. The van der Waals surface area contributed by atoms with Crippen molar-refractivity contribution in [1.29, 1.82) is 0 Å². The first-order chi connectivity index (χ1) is 9.46. The average Bonchev–Trinajstić information content (AvgIpc) is 2.47. The smallest absolute Gasteiger partial charge is 0.336 e. The average molecular weight is 306 g/mol. The zero-order chi connectivity index (χ0) is 14.8. The quantitative estimate of drug-likeness (QED) is 0.685. The maximum absolute atomic E-state index is 12.7. The number of esters is 1. The Labute approximate surface area is 120 Å². The van der Waals surface area contributed by atoms with Gasteiger partial charge in [0.15, 0.2) is 6.10 Å². The lowest BCUT2D eigenvalue weighted by Crippen LogP contribution is -2.55. The van der Waals surface area contributed by atoms with Gasteiger partial charge >= 0.3 is 5.97 Å². The van der Waals surface area contributed by atoms with Gasteiger partial charge < -0.3 is 9.47 Å². The predicted molar refractivity (Wildman–Crippen MR) is 72.3 cm³/mol. The van der Waals surface area contributed by atoms with Crippen molar-refractivity contribution in [3.8, 4) is 0 Å². The van der Waals surface area contributed by atoms with Crippen molar-refractivity contribution in [1.82, 2.24) is 8.61 Å². The normalized spacial score (nSPS) is 30.1. The molecule has 0 bridgehead atoms. The molecule has 116 valence electrons. The van der Waals surface area contributed by atoms with Crippen LogP contribution in [-0.4, -0.2) is 68.5 Å². The number of carbonyl (C=O) groups is 1.